The summed E-state index contributed by atoms with van der Waals surface area (Å²) in [5.41, 5.74) is 1.88. The highest BCUT2D eigenvalue weighted by Crippen LogP contribution is 2.16. The molecule has 0 aromatic rings. The third-order valence-electron chi connectivity index (χ3n) is 2.27. The lowest BCUT2D eigenvalue weighted by atomic mass is 10.1. The van der Waals surface area contributed by atoms with E-state index in [9.17, 15) is 10.4 Å². The molecule has 1 heterocycles. The first-order valence-corrected chi connectivity index (χ1v) is 4.49. The summed E-state index contributed by atoms with van der Waals surface area (Å²) in [4.78, 5) is 2.59. The Balaban J connectivity index is 2.92. The number of aromatic nitrogens is 1. The molecule has 0 bridgehead atoms. The highest BCUT2D eigenvalue weighted by molar-refractivity contribution is 5.66. The van der Waals surface area contributed by atoms with Crippen LogP contribution in [0.15, 0.2) is 30.5 Å². The van der Waals surface area contributed by atoms with Crippen LogP contribution in [0.1, 0.15) is 0 Å². The average Bonchev–Trinajstić information content (AvgIpc) is 2.27. The molecule has 0 aromatic carbocycles. The van der Waals surface area contributed by atoms with Gasteiger partial charge < -0.3 is 20.7 Å². The second kappa shape index (κ2) is 3.53. The lowest BCUT2D eigenvalue weighted by Gasteiger charge is -2.11. The van der Waals surface area contributed by atoms with Crippen molar-refractivity contribution in [3.05, 3.63) is 46.2 Å². The Morgan fingerprint density at radius 3 is 2.73 bits per heavy atom. The molecule has 1 aliphatic carbocycles. The maximum absolute atomic E-state index is 10.9. The molecule has 0 atom stereocenters. The zero-order chi connectivity index (χ0) is 10.8. The number of anilines is 1. The number of hydrogen-bond acceptors (Lipinski definition) is 3. The topological polar surface area (TPSA) is 77.0 Å². The predicted octanol–water partition coefficient (Wildman–Crippen LogP) is 0.929. The Bertz CT molecular complexity index is 515. The number of pyridine rings is 1. The van der Waals surface area contributed by atoms with Crippen LogP contribution < -0.4 is 15.6 Å². The first kappa shape index (κ1) is 9.39. The number of benzene rings is 1. The third-order valence-corrected chi connectivity index (χ3v) is 2.27. The molecular formula is C10H10N3O2-. The summed E-state index contributed by atoms with van der Waals surface area (Å²) in [7, 11) is 1.67. The van der Waals surface area contributed by atoms with Crippen molar-refractivity contribution in [3.63, 3.8) is 0 Å². The molecule has 2 rings (SSSR count). The molecule has 5 nitrogen and oxygen atoms in total. The normalized spacial score (nSPS) is 10.2. The van der Waals surface area contributed by atoms with Gasteiger partial charge in [0, 0.05) is 13.2 Å². The molecule has 0 fully saturated rings. The van der Waals surface area contributed by atoms with Gasteiger partial charge in [0.05, 0.1) is 11.3 Å². The van der Waals surface area contributed by atoms with Crippen molar-refractivity contribution in [2.24, 2.45) is 0 Å². The van der Waals surface area contributed by atoms with Gasteiger partial charge in [-0.2, -0.15) is 4.90 Å². The van der Waals surface area contributed by atoms with Crippen molar-refractivity contribution < 1.29 is 0 Å². The van der Waals surface area contributed by atoms with Crippen LogP contribution in [-0.2, 0) is 0 Å². The summed E-state index contributed by atoms with van der Waals surface area (Å²) in [5.74, 6) is 0. The molecule has 15 heavy (non-hydrogen) atoms. The smallest absolute Gasteiger partial charge is 0.255 e. The van der Waals surface area contributed by atoms with Crippen molar-refractivity contribution in [2.45, 2.75) is 0 Å². The van der Waals surface area contributed by atoms with E-state index in [2.05, 4.69) is 10.3 Å². The molecule has 1 aliphatic heterocycles. The summed E-state index contributed by atoms with van der Waals surface area (Å²) in [6, 6.07) is 6.98. The molecule has 0 aromatic heterocycles. The molecule has 0 radical (unpaired) electrons. The Morgan fingerprint density at radius 2 is 2.07 bits per heavy atom. The summed E-state index contributed by atoms with van der Waals surface area (Å²) in [5, 5.41) is 24.8. The number of rotatable bonds is 1. The highest BCUT2D eigenvalue weighted by Gasteiger charge is 2.11. The molecule has 5 heteroatoms. The van der Waals surface area contributed by atoms with Crippen molar-refractivity contribution in [1.29, 1.82) is 0 Å². The van der Waals surface area contributed by atoms with Crippen LogP contribution in [0.5, 0.6) is 0 Å². The van der Waals surface area contributed by atoms with Gasteiger partial charge >= 0.3 is 0 Å². The van der Waals surface area contributed by atoms with Crippen molar-refractivity contribution in [2.75, 3.05) is 12.4 Å². The van der Waals surface area contributed by atoms with E-state index in [1.165, 1.54) is 0 Å². The molecule has 2 aliphatic rings. The number of H-pyrrole nitrogens is 1. The number of hydrogen-bond donors (Lipinski definition) is 2. The third kappa shape index (κ3) is 1.48. The van der Waals surface area contributed by atoms with Crippen molar-refractivity contribution >= 4 is 5.69 Å². The zero-order valence-corrected chi connectivity index (χ0v) is 8.15. The van der Waals surface area contributed by atoms with Gasteiger partial charge in [-0.15, -0.1) is 0 Å². The Kier molecular flexibility index (Phi) is 2.21. The monoisotopic (exact) mass is 204 g/mol. The molecule has 0 amide bonds. The Hall–Kier alpha value is -2.17. The largest absolute Gasteiger partial charge is 0.612 e. The minimum absolute atomic E-state index is 0.104. The standard InChI is InChI=1S/C10H10N3O2/c1-11-9-5-4-8-7(3-2-6-12-8)10(9)13(14)15/h2-6,11-12H,1H3/q-1. The maximum atomic E-state index is 10.9. The van der Waals surface area contributed by atoms with Crippen LogP contribution >= 0.6 is 0 Å². The van der Waals surface area contributed by atoms with E-state index in [-0.39, 0.29) is 10.3 Å². The van der Waals surface area contributed by atoms with Crippen LogP contribution in [0.25, 0.3) is 11.3 Å². The summed E-state index contributed by atoms with van der Waals surface area (Å²) in [6.45, 7) is 0. The van der Waals surface area contributed by atoms with Crippen molar-refractivity contribution in [1.82, 2.24) is 9.89 Å². The number of fused-ring (bicyclic) bond motifs is 1. The molecule has 0 unspecified atom stereocenters. The van der Waals surface area contributed by atoms with E-state index >= 15 is 0 Å². The second-order valence-electron chi connectivity index (χ2n) is 3.10. The van der Waals surface area contributed by atoms with Gasteiger partial charge in [-0.1, -0.05) is 0 Å². The van der Waals surface area contributed by atoms with Crippen LogP contribution in [0, 0.1) is 10.4 Å². The first-order chi connectivity index (χ1) is 7.24. The number of nitrogens with one attached hydrogen (secondary N) is 2. The number of aromatic amines is 1. The summed E-state index contributed by atoms with van der Waals surface area (Å²) < 4.78 is 0. The van der Waals surface area contributed by atoms with Crippen LogP contribution in [0.2, 0.25) is 0 Å². The van der Waals surface area contributed by atoms with Gasteiger partial charge in [0.25, 0.3) is 5.36 Å². The van der Waals surface area contributed by atoms with Gasteiger partial charge in [0.15, 0.2) is 0 Å². The SMILES string of the molecule is CNc1ccc2[nH]cccc-2c1=[N+]([O-])[O-]. The predicted molar refractivity (Wildman–Crippen MR) is 59.0 cm³/mol. The fraction of sp³-hybridized carbons (Fsp3) is 0.100. The van der Waals surface area contributed by atoms with Gasteiger partial charge in [0.2, 0.25) is 0 Å². The highest BCUT2D eigenvalue weighted by atomic mass is 16.8. The van der Waals surface area contributed by atoms with E-state index in [0.29, 0.717) is 11.3 Å². The molecule has 0 spiro atoms. The van der Waals surface area contributed by atoms with E-state index < -0.39 is 0 Å². The molecule has 0 saturated heterocycles. The summed E-state index contributed by atoms with van der Waals surface area (Å²) in [6.07, 6.45) is 1.74. The zero-order valence-electron chi connectivity index (χ0n) is 8.15. The van der Waals surface area contributed by atoms with Crippen LogP contribution in [0.4, 0.5) is 5.69 Å². The maximum Gasteiger partial charge on any atom is 0.255 e. The fourth-order valence-electron chi connectivity index (χ4n) is 1.58. The van der Waals surface area contributed by atoms with Gasteiger partial charge in [0.1, 0.15) is 5.69 Å². The summed E-state index contributed by atoms with van der Waals surface area (Å²) >= 11 is 0. The average molecular weight is 204 g/mol. The Morgan fingerprint density at radius 1 is 1.27 bits per heavy atom. The fourth-order valence-corrected chi connectivity index (χ4v) is 1.58. The van der Waals surface area contributed by atoms with E-state index in [1.54, 1.807) is 31.4 Å². The Labute approximate surface area is 86.2 Å². The quantitative estimate of drug-likeness (QED) is 0.678. The van der Waals surface area contributed by atoms with Crippen LogP contribution in [-0.4, -0.2) is 12.0 Å². The molecule has 0 saturated carbocycles. The number of nitrogens with zero attached hydrogens (tertiary/aromatic N) is 1. The minimum Gasteiger partial charge on any atom is -0.612 e. The van der Waals surface area contributed by atoms with Gasteiger partial charge in [-0.05, 0) is 24.3 Å². The van der Waals surface area contributed by atoms with E-state index in [0.717, 1.165) is 5.69 Å². The second-order valence-corrected chi connectivity index (χ2v) is 3.10. The van der Waals surface area contributed by atoms with E-state index in [1.807, 2.05) is 6.07 Å². The van der Waals surface area contributed by atoms with Crippen molar-refractivity contribution in [3.8, 4) is 11.3 Å². The lowest BCUT2D eigenvalue weighted by molar-refractivity contribution is 0.969. The molecular weight excluding hydrogens is 194 g/mol. The van der Waals surface area contributed by atoms with Gasteiger partial charge in [-0.3, -0.25) is 0 Å². The van der Waals surface area contributed by atoms with E-state index in [4.69, 9.17) is 0 Å². The minimum atomic E-state index is -0.373. The van der Waals surface area contributed by atoms with Gasteiger partial charge in [-0.25, -0.2) is 0 Å². The first-order valence-electron chi connectivity index (χ1n) is 4.49. The molecule has 2 N–H and O–H groups in total. The molecule has 78 valence electrons. The van der Waals surface area contributed by atoms with Crippen LogP contribution in [0.3, 0.4) is 0 Å². The lowest BCUT2D eigenvalue weighted by Crippen LogP contribution is -2.25.